The lowest BCUT2D eigenvalue weighted by atomic mass is 9.90. The molecule has 2 fully saturated rings. The molecule has 1 aromatic carbocycles. The minimum Gasteiger partial charge on any atom is -0.462 e. The summed E-state index contributed by atoms with van der Waals surface area (Å²) < 4.78 is 45.3. The van der Waals surface area contributed by atoms with Gasteiger partial charge < -0.3 is 4.74 Å². The number of fused-ring (bicyclic) bond motifs is 1. The molecule has 0 unspecified atom stereocenters. The fourth-order valence-electron chi connectivity index (χ4n) is 3.22. The molecule has 0 spiro atoms. The Morgan fingerprint density at radius 2 is 1.95 bits per heavy atom. The molecule has 0 amide bonds. The Morgan fingerprint density at radius 3 is 2.60 bits per heavy atom. The molecule has 0 bridgehead atoms. The molecule has 108 valence electrons. The fraction of sp³-hybridized carbons (Fsp3) is 0.500. The lowest BCUT2D eigenvalue weighted by Crippen LogP contribution is -2.65. The number of cyclic esters (lactones) is 1. The number of esters is 1. The molecule has 2 heterocycles. The van der Waals surface area contributed by atoms with E-state index in [1.807, 2.05) is 0 Å². The van der Waals surface area contributed by atoms with E-state index in [0.717, 1.165) is 5.56 Å². The van der Waals surface area contributed by atoms with Gasteiger partial charge in [0.15, 0.2) is 0 Å². The van der Waals surface area contributed by atoms with Crippen LogP contribution in [0.2, 0.25) is 0 Å². The third kappa shape index (κ3) is 1.74. The van der Waals surface area contributed by atoms with Crippen LogP contribution >= 0.6 is 0 Å². The van der Waals surface area contributed by atoms with Crippen molar-refractivity contribution in [2.75, 3.05) is 13.2 Å². The molecule has 0 radical (unpaired) electrons. The van der Waals surface area contributed by atoms with Gasteiger partial charge >= 0.3 is 12.1 Å². The van der Waals surface area contributed by atoms with Gasteiger partial charge in [-0.2, -0.15) is 13.2 Å². The van der Waals surface area contributed by atoms with Gasteiger partial charge in [0.2, 0.25) is 5.54 Å². The molecule has 3 nitrogen and oxygen atoms in total. The molecule has 0 aliphatic carbocycles. The van der Waals surface area contributed by atoms with Crippen LogP contribution in [0.15, 0.2) is 30.3 Å². The van der Waals surface area contributed by atoms with Gasteiger partial charge in [0.05, 0.1) is 6.04 Å². The highest BCUT2D eigenvalue weighted by Gasteiger charge is 2.69. The van der Waals surface area contributed by atoms with Gasteiger partial charge in [-0.05, 0) is 18.4 Å². The van der Waals surface area contributed by atoms with Crippen LogP contribution in [0.5, 0.6) is 0 Å². The van der Waals surface area contributed by atoms with Crippen molar-refractivity contribution in [3.63, 3.8) is 0 Å². The number of hydrogen-bond acceptors (Lipinski definition) is 3. The largest absolute Gasteiger partial charge is 0.462 e. The van der Waals surface area contributed by atoms with Crippen molar-refractivity contribution in [1.82, 2.24) is 4.90 Å². The summed E-state index contributed by atoms with van der Waals surface area (Å²) in [5.41, 5.74) is -1.72. The highest BCUT2D eigenvalue weighted by Crippen LogP contribution is 2.50. The maximum Gasteiger partial charge on any atom is 0.417 e. The van der Waals surface area contributed by atoms with Gasteiger partial charge in [-0.3, -0.25) is 4.90 Å². The molecule has 2 saturated heterocycles. The lowest BCUT2D eigenvalue weighted by Gasteiger charge is -2.45. The topological polar surface area (TPSA) is 29.5 Å². The minimum atomic E-state index is -4.62. The molecule has 2 aliphatic rings. The zero-order valence-corrected chi connectivity index (χ0v) is 10.7. The molecule has 2 aliphatic heterocycles. The average Bonchev–Trinajstić information content (AvgIpc) is 2.86. The van der Waals surface area contributed by atoms with E-state index in [9.17, 15) is 18.0 Å². The lowest BCUT2D eigenvalue weighted by molar-refractivity contribution is -0.252. The van der Waals surface area contributed by atoms with Gasteiger partial charge in [-0.1, -0.05) is 30.3 Å². The summed E-state index contributed by atoms with van der Waals surface area (Å²) in [6, 6.07) is 8.36. The summed E-state index contributed by atoms with van der Waals surface area (Å²) in [5, 5.41) is 0. The van der Waals surface area contributed by atoms with Crippen molar-refractivity contribution in [2.24, 2.45) is 0 Å². The van der Waals surface area contributed by atoms with Crippen LogP contribution < -0.4 is 0 Å². The van der Waals surface area contributed by atoms with Crippen LogP contribution in [0.1, 0.15) is 24.4 Å². The Bertz CT molecular complexity index is 517. The third-order valence-corrected chi connectivity index (χ3v) is 4.17. The smallest absolute Gasteiger partial charge is 0.417 e. The first kappa shape index (κ1) is 13.4. The molecule has 6 heteroatoms. The SMILES string of the molecule is O=C1OC[C@@H](c2ccccc2)N2CCC[C@@]12C(F)(F)F. The van der Waals surface area contributed by atoms with Gasteiger partial charge in [0.25, 0.3) is 0 Å². The van der Waals surface area contributed by atoms with E-state index in [4.69, 9.17) is 4.74 Å². The van der Waals surface area contributed by atoms with Crippen molar-refractivity contribution in [3.05, 3.63) is 35.9 Å². The highest BCUT2D eigenvalue weighted by atomic mass is 19.4. The maximum atomic E-state index is 13.5. The summed E-state index contributed by atoms with van der Waals surface area (Å²) >= 11 is 0. The Labute approximate surface area is 114 Å². The number of benzene rings is 1. The number of morpholine rings is 1. The van der Waals surface area contributed by atoms with Crippen LogP contribution in [-0.2, 0) is 9.53 Å². The number of alkyl halides is 3. The standard InChI is InChI=1S/C14H14F3NO2/c15-14(16,17)13-7-4-8-18(13)11(9-20-12(13)19)10-5-2-1-3-6-10/h1-3,5-6,11H,4,7-9H2/t11-,13-/m0/s1. The number of carbonyl (C=O) groups is 1. The van der Waals surface area contributed by atoms with Crippen molar-refractivity contribution in [3.8, 4) is 0 Å². The first-order chi connectivity index (χ1) is 9.47. The second kappa shape index (κ2) is 4.48. The number of carbonyl (C=O) groups excluding carboxylic acids is 1. The predicted octanol–water partition coefficient (Wildman–Crippen LogP) is 2.68. The van der Waals surface area contributed by atoms with E-state index in [-0.39, 0.29) is 19.6 Å². The molecule has 3 rings (SSSR count). The van der Waals surface area contributed by atoms with Crippen molar-refractivity contribution in [2.45, 2.75) is 30.6 Å². The molecule has 0 aromatic heterocycles. The van der Waals surface area contributed by atoms with E-state index in [1.165, 1.54) is 4.90 Å². The number of nitrogens with zero attached hydrogens (tertiary/aromatic N) is 1. The number of halogens is 3. The van der Waals surface area contributed by atoms with E-state index in [2.05, 4.69) is 0 Å². The molecule has 1 aromatic rings. The van der Waals surface area contributed by atoms with Crippen LogP contribution in [0.3, 0.4) is 0 Å². The Morgan fingerprint density at radius 1 is 1.25 bits per heavy atom. The Balaban J connectivity index is 2.04. The van der Waals surface area contributed by atoms with Gasteiger partial charge in [-0.15, -0.1) is 0 Å². The van der Waals surface area contributed by atoms with E-state index in [1.54, 1.807) is 30.3 Å². The second-order valence-corrected chi connectivity index (χ2v) is 5.18. The van der Waals surface area contributed by atoms with Crippen molar-refractivity contribution >= 4 is 5.97 Å². The van der Waals surface area contributed by atoms with Gasteiger partial charge in [-0.25, -0.2) is 4.79 Å². The van der Waals surface area contributed by atoms with Crippen LogP contribution in [0.25, 0.3) is 0 Å². The molecular formula is C14H14F3NO2. The van der Waals surface area contributed by atoms with E-state index >= 15 is 0 Å². The molecular weight excluding hydrogens is 271 g/mol. The minimum absolute atomic E-state index is 0.0271. The molecule has 0 saturated carbocycles. The van der Waals surface area contributed by atoms with Crippen molar-refractivity contribution in [1.29, 1.82) is 0 Å². The molecule has 20 heavy (non-hydrogen) atoms. The predicted molar refractivity (Wildman–Crippen MR) is 64.9 cm³/mol. The average molecular weight is 285 g/mol. The molecule has 0 N–H and O–H groups in total. The zero-order chi connectivity index (χ0) is 14.4. The summed E-state index contributed by atoms with van der Waals surface area (Å²) in [4.78, 5) is 13.1. The monoisotopic (exact) mass is 285 g/mol. The maximum absolute atomic E-state index is 13.5. The Kier molecular flexibility index (Phi) is 3.01. The Hall–Kier alpha value is -1.56. The molecule has 2 atom stereocenters. The summed E-state index contributed by atoms with van der Waals surface area (Å²) in [6.45, 7) is 0.231. The van der Waals surface area contributed by atoms with Crippen LogP contribution in [0, 0.1) is 0 Å². The van der Waals surface area contributed by atoms with E-state index in [0.29, 0.717) is 6.42 Å². The second-order valence-electron chi connectivity index (χ2n) is 5.18. The normalized spacial score (nSPS) is 30.9. The number of rotatable bonds is 1. The third-order valence-electron chi connectivity index (χ3n) is 4.17. The highest BCUT2D eigenvalue weighted by molar-refractivity contribution is 5.83. The quantitative estimate of drug-likeness (QED) is 0.743. The first-order valence-electron chi connectivity index (χ1n) is 6.52. The van der Waals surface area contributed by atoms with Crippen LogP contribution in [0.4, 0.5) is 13.2 Å². The summed E-state index contributed by atoms with van der Waals surface area (Å²) in [7, 11) is 0. The first-order valence-corrected chi connectivity index (χ1v) is 6.52. The zero-order valence-electron chi connectivity index (χ0n) is 10.7. The van der Waals surface area contributed by atoms with E-state index < -0.39 is 23.7 Å². The number of hydrogen-bond donors (Lipinski definition) is 0. The van der Waals surface area contributed by atoms with Crippen molar-refractivity contribution < 1.29 is 22.7 Å². The summed E-state index contributed by atoms with van der Waals surface area (Å²) in [5.74, 6) is -1.16. The van der Waals surface area contributed by atoms with Gasteiger partial charge in [0.1, 0.15) is 6.61 Å². The summed E-state index contributed by atoms with van der Waals surface area (Å²) in [6.07, 6.45) is -4.50. The number of ether oxygens (including phenoxy) is 1. The van der Waals surface area contributed by atoms with Crippen LogP contribution in [-0.4, -0.2) is 35.7 Å². The van der Waals surface area contributed by atoms with Gasteiger partial charge in [0, 0.05) is 6.54 Å². The fourth-order valence-corrected chi connectivity index (χ4v) is 3.22.